The third kappa shape index (κ3) is 6.11. The first-order chi connectivity index (χ1) is 12.1. The smallest absolute Gasteiger partial charge is 0.338 e. The molecule has 1 N–H and O–H groups in total. The highest BCUT2D eigenvalue weighted by atomic mass is 16.5. The summed E-state index contributed by atoms with van der Waals surface area (Å²) in [7, 11) is 0. The fraction of sp³-hybridized carbons (Fsp3) is 0.250. The lowest BCUT2D eigenvalue weighted by Gasteiger charge is -2.14. The van der Waals surface area contributed by atoms with Gasteiger partial charge in [0, 0.05) is 6.04 Å². The van der Waals surface area contributed by atoms with Crippen molar-refractivity contribution in [2.75, 3.05) is 6.61 Å². The molecule has 0 unspecified atom stereocenters. The lowest BCUT2D eigenvalue weighted by atomic mass is 10.1. The molecule has 5 heteroatoms. The van der Waals surface area contributed by atoms with E-state index in [1.54, 1.807) is 18.2 Å². The molecule has 0 saturated carbocycles. The second kappa shape index (κ2) is 9.24. The van der Waals surface area contributed by atoms with Gasteiger partial charge in [-0.15, -0.1) is 0 Å². The SMILES string of the molecule is C[C@@H](CCc1ccccc1)NC(=O)COC(=O)c1cccc(C#N)c1. The van der Waals surface area contributed by atoms with Gasteiger partial charge in [0.25, 0.3) is 5.91 Å². The first-order valence-electron chi connectivity index (χ1n) is 8.09. The van der Waals surface area contributed by atoms with Crippen molar-refractivity contribution < 1.29 is 14.3 Å². The number of benzene rings is 2. The average Bonchev–Trinajstić information content (AvgIpc) is 2.65. The van der Waals surface area contributed by atoms with E-state index in [2.05, 4.69) is 5.32 Å². The molecule has 2 rings (SSSR count). The molecule has 0 spiro atoms. The van der Waals surface area contributed by atoms with Crippen LogP contribution in [0.4, 0.5) is 0 Å². The second-order valence-corrected chi connectivity index (χ2v) is 5.76. The number of carbonyl (C=O) groups excluding carboxylic acids is 2. The Labute approximate surface area is 147 Å². The summed E-state index contributed by atoms with van der Waals surface area (Å²) in [5.41, 5.74) is 1.84. The molecule has 0 fully saturated rings. The Morgan fingerprint density at radius 2 is 1.92 bits per heavy atom. The van der Waals surface area contributed by atoms with Crippen molar-refractivity contribution in [2.45, 2.75) is 25.8 Å². The van der Waals surface area contributed by atoms with E-state index in [0.717, 1.165) is 12.8 Å². The van der Waals surface area contributed by atoms with E-state index in [1.165, 1.54) is 11.6 Å². The van der Waals surface area contributed by atoms with Crippen molar-refractivity contribution in [3.63, 3.8) is 0 Å². The maximum absolute atomic E-state index is 11.9. The lowest BCUT2D eigenvalue weighted by molar-refractivity contribution is -0.124. The van der Waals surface area contributed by atoms with Crippen molar-refractivity contribution >= 4 is 11.9 Å². The maximum atomic E-state index is 11.9. The van der Waals surface area contributed by atoms with Crippen LogP contribution >= 0.6 is 0 Å². The molecule has 0 aromatic heterocycles. The molecule has 1 amide bonds. The number of rotatable bonds is 7. The Hall–Kier alpha value is -3.13. The van der Waals surface area contributed by atoms with Crippen molar-refractivity contribution in [3.05, 3.63) is 71.3 Å². The van der Waals surface area contributed by atoms with Crippen LogP contribution in [0.25, 0.3) is 0 Å². The number of nitriles is 1. The van der Waals surface area contributed by atoms with Crippen molar-refractivity contribution in [2.24, 2.45) is 0 Å². The van der Waals surface area contributed by atoms with Crippen LogP contribution in [0.2, 0.25) is 0 Å². The van der Waals surface area contributed by atoms with E-state index in [4.69, 9.17) is 10.00 Å². The van der Waals surface area contributed by atoms with E-state index in [0.29, 0.717) is 5.56 Å². The molecule has 0 heterocycles. The van der Waals surface area contributed by atoms with Crippen molar-refractivity contribution in [3.8, 4) is 6.07 Å². The first kappa shape index (κ1) is 18.2. The fourth-order valence-electron chi connectivity index (χ4n) is 2.35. The van der Waals surface area contributed by atoms with Gasteiger partial charge in [-0.05, 0) is 43.5 Å². The van der Waals surface area contributed by atoms with Crippen LogP contribution in [0.5, 0.6) is 0 Å². The number of aryl methyl sites for hydroxylation is 1. The molecule has 0 aliphatic carbocycles. The molecule has 0 radical (unpaired) electrons. The van der Waals surface area contributed by atoms with Crippen LogP contribution < -0.4 is 5.32 Å². The number of nitrogens with zero attached hydrogens (tertiary/aromatic N) is 1. The Morgan fingerprint density at radius 3 is 2.64 bits per heavy atom. The summed E-state index contributed by atoms with van der Waals surface area (Å²) in [6.45, 7) is 1.57. The molecule has 25 heavy (non-hydrogen) atoms. The van der Waals surface area contributed by atoms with E-state index < -0.39 is 5.97 Å². The van der Waals surface area contributed by atoms with Gasteiger partial charge in [-0.3, -0.25) is 4.79 Å². The first-order valence-corrected chi connectivity index (χ1v) is 8.09. The maximum Gasteiger partial charge on any atom is 0.338 e. The Kier molecular flexibility index (Phi) is 6.73. The average molecular weight is 336 g/mol. The summed E-state index contributed by atoms with van der Waals surface area (Å²) >= 11 is 0. The predicted octanol–water partition coefficient (Wildman–Crippen LogP) is 2.85. The molecule has 1 atom stereocenters. The second-order valence-electron chi connectivity index (χ2n) is 5.76. The zero-order chi connectivity index (χ0) is 18.1. The molecular weight excluding hydrogens is 316 g/mol. The monoisotopic (exact) mass is 336 g/mol. The highest BCUT2D eigenvalue weighted by Gasteiger charge is 2.12. The Balaban J connectivity index is 1.74. The molecule has 0 aliphatic heterocycles. The van der Waals surface area contributed by atoms with Gasteiger partial charge >= 0.3 is 5.97 Å². The standard InChI is InChI=1S/C20H20N2O3/c1-15(10-11-16-6-3-2-4-7-16)22-19(23)14-25-20(24)18-9-5-8-17(12-18)13-21/h2-9,12,15H,10-11,14H2,1H3,(H,22,23)/t15-/m0/s1. The summed E-state index contributed by atoms with van der Waals surface area (Å²) in [4.78, 5) is 23.8. The van der Waals surface area contributed by atoms with Crippen LogP contribution in [0.1, 0.15) is 34.8 Å². The molecule has 0 aliphatic rings. The Morgan fingerprint density at radius 1 is 1.16 bits per heavy atom. The summed E-state index contributed by atoms with van der Waals surface area (Å²) in [6.07, 6.45) is 1.66. The van der Waals surface area contributed by atoms with Crippen LogP contribution in [0.15, 0.2) is 54.6 Å². The van der Waals surface area contributed by atoms with E-state index >= 15 is 0 Å². The molecule has 0 saturated heterocycles. The number of esters is 1. The minimum atomic E-state index is -0.621. The molecule has 2 aromatic rings. The number of hydrogen-bond acceptors (Lipinski definition) is 4. The quantitative estimate of drug-likeness (QED) is 0.789. The van der Waals surface area contributed by atoms with E-state index in [-0.39, 0.29) is 24.1 Å². The lowest BCUT2D eigenvalue weighted by Crippen LogP contribution is -2.36. The summed E-state index contributed by atoms with van der Waals surface area (Å²) in [6, 6.07) is 18.1. The number of carbonyl (C=O) groups is 2. The van der Waals surface area contributed by atoms with Crippen molar-refractivity contribution in [1.29, 1.82) is 5.26 Å². The summed E-state index contributed by atoms with van der Waals surface area (Å²) < 4.78 is 4.99. The van der Waals surface area contributed by atoms with Crippen LogP contribution in [-0.2, 0) is 16.0 Å². The van der Waals surface area contributed by atoms with Gasteiger partial charge in [-0.2, -0.15) is 5.26 Å². The Bertz CT molecular complexity index is 766. The molecule has 128 valence electrons. The van der Waals surface area contributed by atoms with Gasteiger partial charge in [0.1, 0.15) is 0 Å². The van der Waals surface area contributed by atoms with Crippen molar-refractivity contribution in [1.82, 2.24) is 5.32 Å². The van der Waals surface area contributed by atoms with Gasteiger partial charge in [0.15, 0.2) is 6.61 Å². The highest BCUT2D eigenvalue weighted by molar-refractivity contribution is 5.91. The van der Waals surface area contributed by atoms with Gasteiger partial charge in [-0.25, -0.2) is 4.79 Å². The minimum Gasteiger partial charge on any atom is -0.452 e. The summed E-state index contributed by atoms with van der Waals surface area (Å²) in [5, 5.41) is 11.6. The highest BCUT2D eigenvalue weighted by Crippen LogP contribution is 2.07. The fourth-order valence-corrected chi connectivity index (χ4v) is 2.35. The molecule has 2 aromatic carbocycles. The van der Waals surface area contributed by atoms with Gasteiger partial charge in [0.05, 0.1) is 17.2 Å². The van der Waals surface area contributed by atoms with Crippen LogP contribution in [0, 0.1) is 11.3 Å². The molecular formula is C20H20N2O3. The van der Waals surface area contributed by atoms with Gasteiger partial charge in [0.2, 0.25) is 0 Å². The number of amides is 1. The van der Waals surface area contributed by atoms with Gasteiger partial charge in [-0.1, -0.05) is 36.4 Å². The molecule has 0 bridgehead atoms. The zero-order valence-corrected chi connectivity index (χ0v) is 14.1. The van der Waals surface area contributed by atoms with E-state index in [9.17, 15) is 9.59 Å². The summed E-state index contributed by atoms with van der Waals surface area (Å²) in [5.74, 6) is -0.963. The topological polar surface area (TPSA) is 79.2 Å². The van der Waals surface area contributed by atoms with Gasteiger partial charge < -0.3 is 10.1 Å². The molecule has 5 nitrogen and oxygen atoms in total. The largest absolute Gasteiger partial charge is 0.452 e. The predicted molar refractivity (Wildman–Crippen MR) is 93.8 cm³/mol. The number of nitrogens with one attached hydrogen (secondary N) is 1. The number of ether oxygens (including phenoxy) is 1. The van der Waals surface area contributed by atoms with E-state index in [1.807, 2.05) is 43.3 Å². The third-order valence-corrected chi connectivity index (χ3v) is 3.68. The van der Waals surface area contributed by atoms with Crippen LogP contribution in [0.3, 0.4) is 0 Å². The third-order valence-electron chi connectivity index (χ3n) is 3.68. The normalized spacial score (nSPS) is 11.2. The number of hydrogen-bond donors (Lipinski definition) is 1. The van der Waals surface area contributed by atoms with Crippen LogP contribution in [-0.4, -0.2) is 24.5 Å². The minimum absolute atomic E-state index is 0.0201. The zero-order valence-electron chi connectivity index (χ0n) is 14.1.